The van der Waals surface area contributed by atoms with Crippen LogP contribution in [0.3, 0.4) is 0 Å². The SMILES string of the molecule is CCCCCCc1nnnn1F. The average Bonchev–Trinajstić information content (AvgIpc) is 2.46. The molecule has 0 fully saturated rings. The van der Waals surface area contributed by atoms with Gasteiger partial charge in [-0.15, -0.1) is 5.10 Å². The highest BCUT2D eigenvalue weighted by Gasteiger charge is 2.03. The Bertz CT molecular complexity index is 223. The quantitative estimate of drug-likeness (QED) is 0.632. The fourth-order valence-corrected chi connectivity index (χ4v) is 1.05. The molecule has 68 valence electrons. The second kappa shape index (κ2) is 4.79. The molecule has 0 aliphatic rings. The molecule has 1 aromatic heterocycles. The lowest BCUT2D eigenvalue weighted by Crippen LogP contribution is -1.95. The molecule has 0 N–H and O–H groups in total. The van der Waals surface area contributed by atoms with Gasteiger partial charge < -0.3 is 0 Å². The van der Waals surface area contributed by atoms with E-state index in [0.717, 1.165) is 12.8 Å². The van der Waals surface area contributed by atoms with E-state index in [1.54, 1.807) is 0 Å². The van der Waals surface area contributed by atoms with Crippen molar-refractivity contribution in [3.8, 4) is 0 Å². The molecule has 5 heteroatoms. The highest BCUT2D eigenvalue weighted by Crippen LogP contribution is 2.04. The van der Waals surface area contributed by atoms with Crippen LogP contribution in [0.15, 0.2) is 0 Å². The minimum atomic E-state index is 0.242. The molecule has 0 aliphatic carbocycles. The standard InChI is InChI=1S/C7H13FN4/c1-2-3-4-5-6-7-9-10-11-12(7)8/h2-6H2,1H3. The Morgan fingerprint density at radius 1 is 1.33 bits per heavy atom. The molecule has 0 saturated heterocycles. The molecule has 0 atom stereocenters. The van der Waals surface area contributed by atoms with Crippen molar-refractivity contribution < 1.29 is 4.48 Å². The third-order valence-corrected chi connectivity index (χ3v) is 1.75. The number of unbranched alkanes of at least 4 members (excludes halogenated alkanes) is 3. The van der Waals surface area contributed by atoms with Crippen LogP contribution in [0.2, 0.25) is 0 Å². The Morgan fingerprint density at radius 2 is 2.17 bits per heavy atom. The summed E-state index contributed by atoms with van der Waals surface area (Å²) in [6, 6.07) is 0. The first kappa shape index (κ1) is 9.09. The number of aryl methyl sites for hydroxylation is 1. The van der Waals surface area contributed by atoms with Crippen LogP contribution in [0.1, 0.15) is 38.4 Å². The van der Waals surface area contributed by atoms with Crippen LogP contribution in [-0.4, -0.2) is 20.4 Å². The zero-order valence-electron chi connectivity index (χ0n) is 7.20. The van der Waals surface area contributed by atoms with Crippen molar-refractivity contribution in [1.82, 2.24) is 20.4 Å². The first-order valence-corrected chi connectivity index (χ1v) is 4.28. The molecule has 1 aromatic rings. The summed E-state index contributed by atoms with van der Waals surface area (Å²) in [5, 5.41) is 9.85. The van der Waals surface area contributed by atoms with E-state index in [1.165, 1.54) is 12.8 Å². The summed E-state index contributed by atoms with van der Waals surface area (Å²) < 4.78 is 12.5. The maximum atomic E-state index is 12.5. The van der Waals surface area contributed by atoms with Crippen molar-refractivity contribution in [2.24, 2.45) is 0 Å². The zero-order valence-corrected chi connectivity index (χ0v) is 7.20. The summed E-state index contributed by atoms with van der Waals surface area (Å²) >= 11 is 0. The van der Waals surface area contributed by atoms with Gasteiger partial charge in [-0.25, -0.2) is 0 Å². The van der Waals surface area contributed by atoms with Crippen molar-refractivity contribution in [2.75, 3.05) is 0 Å². The molecule has 1 heterocycles. The Labute approximate surface area is 70.7 Å². The third-order valence-electron chi connectivity index (χ3n) is 1.75. The molecule has 0 unspecified atom stereocenters. The summed E-state index contributed by atoms with van der Waals surface area (Å²) in [7, 11) is 0. The van der Waals surface area contributed by atoms with Gasteiger partial charge in [0.2, 0.25) is 0 Å². The summed E-state index contributed by atoms with van der Waals surface area (Å²) in [6.07, 6.45) is 5.07. The van der Waals surface area contributed by atoms with Crippen LogP contribution in [-0.2, 0) is 6.42 Å². The summed E-state index contributed by atoms with van der Waals surface area (Å²) in [5.41, 5.74) is 0. The maximum Gasteiger partial charge on any atom is 0.186 e. The first-order chi connectivity index (χ1) is 5.84. The molecule has 1 rings (SSSR count). The number of rotatable bonds is 5. The van der Waals surface area contributed by atoms with E-state index in [4.69, 9.17) is 0 Å². The Balaban J connectivity index is 2.20. The molecule has 0 spiro atoms. The normalized spacial score (nSPS) is 10.5. The van der Waals surface area contributed by atoms with E-state index < -0.39 is 0 Å². The van der Waals surface area contributed by atoms with Gasteiger partial charge in [-0.05, 0) is 16.8 Å². The number of hydrogen-bond donors (Lipinski definition) is 0. The fraction of sp³-hybridized carbons (Fsp3) is 0.857. The second-order valence-corrected chi connectivity index (χ2v) is 2.77. The lowest BCUT2D eigenvalue weighted by atomic mass is 10.1. The minimum Gasteiger partial charge on any atom is -0.111 e. The van der Waals surface area contributed by atoms with Gasteiger partial charge in [0.15, 0.2) is 5.82 Å². The van der Waals surface area contributed by atoms with Crippen LogP contribution in [0.4, 0.5) is 4.48 Å². The number of hydrogen-bond acceptors (Lipinski definition) is 3. The predicted molar refractivity (Wildman–Crippen MR) is 42.2 cm³/mol. The van der Waals surface area contributed by atoms with Gasteiger partial charge in [-0.2, -0.15) is 0 Å². The van der Waals surface area contributed by atoms with Crippen LogP contribution >= 0.6 is 0 Å². The first-order valence-electron chi connectivity index (χ1n) is 4.28. The minimum absolute atomic E-state index is 0.242. The second-order valence-electron chi connectivity index (χ2n) is 2.77. The third kappa shape index (κ3) is 2.56. The molecule has 0 radical (unpaired) electrons. The van der Waals surface area contributed by atoms with Crippen molar-refractivity contribution in [3.63, 3.8) is 0 Å². The Morgan fingerprint density at radius 3 is 2.75 bits per heavy atom. The summed E-state index contributed by atoms with van der Waals surface area (Å²) in [5.74, 6) is 0.325. The van der Waals surface area contributed by atoms with Crippen molar-refractivity contribution in [2.45, 2.75) is 39.0 Å². The van der Waals surface area contributed by atoms with Gasteiger partial charge in [0.05, 0.1) is 0 Å². The fourth-order valence-electron chi connectivity index (χ4n) is 1.05. The average molecular weight is 172 g/mol. The van der Waals surface area contributed by atoms with Gasteiger partial charge in [-0.3, -0.25) is 0 Å². The molecule has 0 amide bonds. The van der Waals surface area contributed by atoms with E-state index in [-0.39, 0.29) is 4.90 Å². The molecule has 0 bridgehead atoms. The van der Waals surface area contributed by atoms with Crippen molar-refractivity contribution in [1.29, 1.82) is 0 Å². The van der Waals surface area contributed by atoms with Gasteiger partial charge in [0.1, 0.15) is 0 Å². The van der Waals surface area contributed by atoms with Crippen LogP contribution < -0.4 is 0 Å². The number of tetrazole rings is 1. The number of nitrogens with zero attached hydrogens (tertiary/aromatic N) is 4. The monoisotopic (exact) mass is 172 g/mol. The van der Waals surface area contributed by atoms with Gasteiger partial charge in [0, 0.05) is 6.42 Å². The molecule has 0 aliphatic heterocycles. The largest absolute Gasteiger partial charge is 0.186 e. The highest BCUT2D eigenvalue weighted by atomic mass is 19.2. The lowest BCUT2D eigenvalue weighted by Gasteiger charge is -1.95. The highest BCUT2D eigenvalue weighted by molar-refractivity contribution is 4.77. The Hall–Kier alpha value is -1.00. The predicted octanol–water partition coefficient (Wildman–Crippen LogP) is 1.53. The maximum absolute atomic E-state index is 12.5. The van der Waals surface area contributed by atoms with Gasteiger partial charge in [-0.1, -0.05) is 35.6 Å². The smallest absolute Gasteiger partial charge is 0.111 e. The molecule has 0 aromatic carbocycles. The van der Waals surface area contributed by atoms with E-state index in [1.807, 2.05) is 0 Å². The molecular formula is C7H13FN4. The van der Waals surface area contributed by atoms with Crippen molar-refractivity contribution >= 4 is 0 Å². The van der Waals surface area contributed by atoms with Crippen molar-refractivity contribution in [3.05, 3.63) is 5.82 Å². The molecule has 4 nitrogen and oxygen atoms in total. The number of aromatic nitrogens is 4. The van der Waals surface area contributed by atoms with E-state index >= 15 is 0 Å². The van der Waals surface area contributed by atoms with E-state index in [9.17, 15) is 4.48 Å². The van der Waals surface area contributed by atoms with E-state index in [2.05, 4.69) is 22.4 Å². The van der Waals surface area contributed by atoms with Crippen LogP contribution in [0, 0.1) is 0 Å². The molecule has 0 saturated carbocycles. The molecule has 12 heavy (non-hydrogen) atoms. The van der Waals surface area contributed by atoms with Crippen LogP contribution in [0.25, 0.3) is 0 Å². The number of halogens is 1. The Kier molecular flexibility index (Phi) is 3.63. The van der Waals surface area contributed by atoms with Crippen LogP contribution in [0.5, 0.6) is 0 Å². The zero-order chi connectivity index (χ0) is 8.81. The molecular weight excluding hydrogens is 159 g/mol. The summed E-state index contributed by atoms with van der Waals surface area (Å²) in [6.45, 7) is 2.14. The van der Waals surface area contributed by atoms with Gasteiger partial charge in [0.25, 0.3) is 0 Å². The van der Waals surface area contributed by atoms with E-state index in [0.29, 0.717) is 12.2 Å². The summed E-state index contributed by atoms with van der Waals surface area (Å²) in [4.78, 5) is 0.242. The van der Waals surface area contributed by atoms with Gasteiger partial charge >= 0.3 is 0 Å². The lowest BCUT2D eigenvalue weighted by molar-refractivity contribution is 0.291. The topological polar surface area (TPSA) is 43.6 Å².